The number of methoxy groups -OCH3 is 1. The lowest BCUT2D eigenvalue weighted by Crippen LogP contribution is -2.28. The summed E-state index contributed by atoms with van der Waals surface area (Å²) in [5.41, 5.74) is 3.18. The summed E-state index contributed by atoms with van der Waals surface area (Å²) in [5.74, 6) is 1.05. The molecule has 2 aromatic carbocycles. The van der Waals surface area contributed by atoms with Gasteiger partial charge in [-0.15, -0.1) is 0 Å². The van der Waals surface area contributed by atoms with Crippen LogP contribution >= 0.6 is 0 Å². The molecule has 5 nitrogen and oxygen atoms in total. The van der Waals surface area contributed by atoms with E-state index in [0.29, 0.717) is 5.75 Å². The van der Waals surface area contributed by atoms with Crippen molar-refractivity contribution in [2.45, 2.75) is 25.7 Å². The first-order chi connectivity index (χ1) is 11.3. The average Bonchev–Trinajstić information content (AvgIpc) is 2.55. The fourth-order valence-corrected chi connectivity index (χ4v) is 3.49. The van der Waals surface area contributed by atoms with Gasteiger partial charge in [0, 0.05) is 6.54 Å². The molecule has 1 N–H and O–H groups in total. The molecule has 130 valence electrons. The lowest BCUT2D eigenvalue weighted by atomic mass is 10.1. The lowest BCUT2D eigenvalue weighted by Gasteiger charge is -2.12. The van der Waals surface area contributed by atoms with Crippen molar-refractivity contribution >= 4 is 10.0 Å². The topological polar surface area (TPSA) is 64.6 Å². The normalized spacial score (nSPS) is 11.3. The minimum absolute atomic E-state index is 0.135. The maximum absolute atomic E-state index is 12.4. The third kappa shape index (κ3) is 4.49. The van der Waals surface area contributed by atoms with E-state index in [2.05, 4.69) is 4.72 Å². The molecule has 0 heterocycles. The Labute approximate surface area is 143 Å². The van der Waals surface area contributed by atoms with Gasteiger partial charge in [0.2, 0.25) is 10.0 Å². The fourth-order valence-electron chi connectivity index (χ4n) is 2.22. The van der Waals surface area contributed by atoms with Gasteiger partial charge in [-0.25, -0.2) is 13.1 Å². The molecular weight excluding hydrogens is 326 g/mol. The van der Waals surface area contributed by atoms with E-state index in [1.165, 1.54) is 12.7 Å². The number of benzene rings is 2. The SMILES string of the molecule is COc1ccc(C)cc1S(=O)(=O)NCCOc1ccc(C)c(C)c1. The van der Waals surface area contributed by atoms with Gasteiger partial charge < -0.3 is 9.47 Å². The van der Waals surface area contributed by atoms with Gasteiger partial charge in [-0.05, 0) is 61.7 Å². The first kappa shape index (κ1) is 18.3. The number of rotatable bonds is 7. The monoisotopic (exact) mass is 349 g/mol. The molecule has 0 saturated heterocycles. The molecule has 0 fully saturated rings. The standard InChI is InChI=1S/C18H23NO4S/c1-13-5-8-17(22-4)18(11-13)24(20,21)19-9-10-23-16-7-6-14(2)15(3)12-16/h5-8,11-12,19H,9-10H2,1-4H3. The predicted molar refractivity (Wildman–Crippen MR) is 94.3 cm³/mol. The van der Waals surface area contributed by atoms with Gasteiger partial charge in [-0.2, -0.15) is 0 Å². The van der Waals surface area contributed by atoms with Gasteiger partial charge in [0.05, 0.1) is 7.11 Å². The summed E-state index contributed by atoms with van der Waals surface area (Å²) in [4.78, 5) is 0.135. The van der Waals surface area contributed by atoms with Gasteiger partial charge in [-0.1, -0.05) is 12.1 Å². The van der Waals surface area contributed by atoms with Crippen molar-refractivity contribution in [3.05, 3.63) is 53.1 Å². The van der Waals surface area contributed by atoms with Crippen LogP contribution in [0.5, 0.6) is 11.5 Å². The zero-order valence-corrected chi connectivity index (χ0v) is 15.2. The smallest absolute Gasteiger partial charge is 0.244 e. The van der Waals surface area contributed by atoms with E-state index in [4.69, 9.17) is 9.47 Å². The Morgan fingerprint density at radius 1 is 1.00 bits per heavy atom. The Bertz CT molecular complexity index is 816. The number of nitrogens with one attached hydrogen (secondary N) is 1. The first-order valence-electron chi connectivity index (χ1n) is 7.68. The quantitative estimate of drug-likeness (QED) is 0.781. The summed E-state index contributed by atoms with van der Waals surface area (Å²) in [6, 6.07) is 10.8. The maximum Gasteiger partial charge on any atom is 0.244 e. The zero-order chi connectivity index (χ0) is 17.7. The van der Waals surface area contributed by atoms with Gasteiger partial charge >= 0.3 is 0 Å². The van der Waals surface area contributed by atoms with Gasteiger partial charge in [0.1, 0.15) is 23.0 Å². The van der Waals surface area contributed by atoms with E-state index < -0.39 is 10.0 Å². The van der Waals surface area contributed by atoms with Crippen LogP contribution in [0.15, 0.2) is 41.3 Å². The van der Waals surface area contributed by atoms with Crippen LogP contribution in [0.1, 0.15) is 16.7 Å². The van der Waals surface area contributed by atoms with Crippen LogP contribution < -0.4 is 14.2 Å². The molecule has 0 aromatic heterocycles. The van der Waals surface area contributed by atoms with Crippen molar-refractivity contribution in [3.63, 3.8) is 0 Å². The summed E-state index contributed by atoms with van der Waals surface area (Å²) in [7, 11) is -2.20. The van der Waals surface area contributed by atoms with Gasteiger partial charge in [0.25, 0.3) is 0 Å². The third-order valence-electron chi connectivity index (χ3n) is 3.75. The maximum atomic E-state index is 12.4. The van der Waals surface area contributed by atoms with E-state index in [0.717, 1.165) is 16.9 Å². The van der Waals surface area contributed by atoms with E-state index in [1.54, 1.807) is 18.2 Å². The minimum atomic E-state index is -3.65. The largest absolute Gasteiger partial charge is 0.495 e. The zero-order valence-electron chi connectivity index (χ0n) is 14.4. The second-order valence-electron chi connectivity index (χ2n) is 5.65. The summed E-state index contributed by atoms with van der Waals surface area (Å²) < 4.78 is 38.1. The Morgan fingerprint density at radius 2 is 1.75 bits per heavy atom. The van der Waals surface area contributed by atoms with Gasteiger partial charge in [0.15, 0.2) is 0 Å². The Hall–Kier alpha value is -2.05. The highest BCUT2D eigenvalue weighted by Crippen LogP contribution is 2.24. The number of sulfonamides is 1. The Kier molecular flexibility index (Phi) is 5.85. The van der Waals surface area contributed by atoms with Crippen LogP contribution in [-0.2, 0) is 10.0 Å². The molecule has 2 aromatic rings. The summed E-state index contributed by atoms with van der Waals surface area (Å²) in [5, 5.41) is 0. The fraction of sp³-hybridized carbons (Fsp3) is 0.333. The number of aryl methyl sites for hydroxylation is 3. The van der Waals surface area contributed by atoms with Crippen LogP contribution in [0.25, 0.3) is 0 Å². The van der Waals surface area contributed by atoms with Crippen LogP contribution in [0.3, 0.4) is 0 Å². The highest BCUT2D eigenvalue weighted by atomic mass is 32.2. The third-order valence-corrected chi connectivity index (χ3v) is 5.23. The molecule has 2 rings (SSSR count). The Balaban J connectivity index is 1.98. The van der Waals surface area contributed by atoms with Crippen molar-refractivity contribution in [2.24, 2.45) is 0 Å². The van der Waals surface area contributed by atoms with Crippen molar-refractivity contribution < 1.29 is 17.9 Å². The van der Waals surface area contributed by atoms with Crippen LogP contribution in [0, 0.1) is 20.8 Å². The van der Waals surface area contributed by atoms with Crippen molar-refractivity contribution in [1.82, 2.24) is 4.72 Å². The molecule has 24 heavy (non-hydrogen) atoms. The van der Waals surface area contributed by atoms with E-state index >= 15 is 0 Å². The molecule has 0 spiro atoms. The van der Waals surface area contributed by atoms with E-state index in [1.807, 2.05) is 39.0 Å². The second-order valence-corrected chi connectivity index (χ2v) is 7.38. The van der Waals surface area contributed by atoms with Crippen molar-refractivity contribution in [3.8, 4) is 11.5 Å². The predicted octanol–water partition coefficient (Wildman–Crippen LogP) is 2.98. The molecule has 0 amide bonds. The van der Waals surface area contributed by atoms with Crippen LogP contribution in [0.2, 0.25) is 0 Å². The van der Waals surface area contributed by atoms with Gasteiger partial charge in [-0.3, -0.25) is 0 Å². The highest BCUT2D eigenvalue weighted by Gasteiger charge is 2.19. The molecule has 0 bridgehead atoms. The molecule has 0 aliphatic carbocycles. The van der Waals surface area contributed by atoms with Crippen LogP contribution in [-0.4, -0.2) is 28.7 Å². The number of ether oxygens (including phenoxy) is 2. The van der Waals surface area contributed by atoms with Crippen molar-refractivity contribution in [1.29, 1.82) is 0 Å². The molecule has 0 unspecified atom stereocenters. The molecule has 0 atom stereocenters. The highest BCUT2D eigenvalue weighted by molar-refractivity contribution is 7.89. The molecular formula is C18H23NO4S. The van der Waals surface area contributed by atoms with Crippen molar-refractivity contribution in [2.75, 3.05) is 20.3 Å². The van der Waals surface area contributed by atoms with E-state index in [-0.39, 0.29) is 18.0 Å². The summed E-state index contributed by atoms with van der Waals surface area (Å²) in [6.45, 7) is 6.29. The Morgan fingerprint density at radius 3 is 2.42 bits per heavy atom. The molecule has 0 radical (unpaired) electrons. The molecule has 0 saturated carbocycles. The minimum Gasteiger partial charge on any atom is -0.495 e. The first-order valence-corrected chi connectivity index (χ1v) is 9.16. The summed E-state index contributed by atoms with van der Waals surface area (Å²) in [6.07, 6.45) is 0. The van der Waals surface area contributed by atoms with E-state index in [9.17, 15) is 8.42 Å². The number of hydrogen-bond donors (Lipinski definition) is 1. The second kappa shape index (κ2) is 7.68. The lowest BCUT2D eigenvalue weighted by molar-refractivity contribution is 0.322. The number of hydrogen-bond acceptors (Lipinski definition) is 4. The molecule has 0 aliphatic rings. The average molecular weight is 349 g/mol. The molecule has 6 heteroatoms. The summed E-state index contributed by atoms with van der Waals surface area (Å²) >= 11 is 0. The molecule has 0 aliphatic heterocycles. The van der Waals surface area contributed by atoms with Crippen LogP contribution in [0.4, 0.5) is 0 Å².